The van der Waals surface area contributed by atoms with Crippen molar-refractivity contribution in [3.8, 4) is 0 Å². The van der Waals surface area contributed by atoms with E-state index >= 15 is 0 Å². The fourth-order valence-electron chi connectivity index (χ4n) is 4.68. The lowest BCUT2D eigenvalue weighted by molar-refractivity contribution is -0.119. The highest BCUT2D eigenvalue weighted by Crippen LogP contribution is 2.50. The zero-order valence-corrected chi connectivity index (χ0v) is 20.9. The Morgan fingerprint density at radius 2 is 1.77 bits per heavy atom. The van der Waals surface area contributed by atoms with Crippen LogP contribution in [-0.2, 0) is 32.3 Å². The average molecular weight is 559 g/mol. The standard InChI is InChI=1S/C26H21F3N4O5S/c27-26(28,29)39(37,38)20-8-6-19(7-9-20)33-23(35)25(32-24(33)36)14-18(25)13-17-10-11-30-15-21(17)31-22(34)12-16-4-2-1-3-5-16/h1-11,15,18H,12-14H2,(H,31,34)(H,32,36). The van der Waals surface area contributed by atoms with E-state index in [2.05, 4.69) is 15.6 Å². The van der Waals surface area contributed by atoms with Gasteiger partial charge in [0.15, 0.2) is 0 Å². The van der Waals surface area contributed by atoms with E-state index in [4.69, 9.17) is 0 Å². The molecule has 1 aromatic heterocycles. The summed E-state index contributed by atoms with van der Waals surface area (Å²) in [6.45, 7) is 0. The molecule has 9 nitrogen and oxygen atoms in total. The molecule has 4 amide bonds. The number of urea groups is 1. The zero-order valence-electron chi connectivity index (χ0n) is 20.1. The van der Waals surface area contributed by atoms with Crippen molar-refractivity contribution in [3.05, 3.63) is 84.2 Å². The molecule has 2 aromatic carbocycles. The Hall–Kier alpha value is -4.26. The molecule has 13 heteroatoms. The second-order valence-corrected chi connectivity index (χ2v) is 11.3. The van der Waals surface area contributed by atoms with Gasteiger partial charge in [-0.05, 0) is 60.2 Å². The molecule has 202 valence electrons. The lowest BCUT2D eigenvalue weighted by Crippen LogP contribution is -2.35. The molecule has 2 atom stereocenters. The van der Waals surface area contributed by atoms with E-state index in [9.17, 15) is 36.0 Å². The van der Waals surface area contributed by atoms with Crippen LogP contribution in [0.1, 0.15) is 17.5 Å². The second-order valence-electron chi connectivity index (χ2n) is 9.33. The average Bonchev–Trinajstić information content (AvgIpc) is 3.51. The molecule has 39 heavy (non-hydrogen) atoms. The van der Waals surface area contributed by atoms with Crippen molar-refractivity contribution in [2.24, 2.45) is 5.92 Å². The number of hydrogen-bond donors (Lipinski definition) is 2. The zero-order chi connectivity index (χ0) is 28.0. The molecule has 5 rings (SSSR count). The molecule has 3 aromatic rings. The molecule has 2 heterocycles. The number of aromatic nitrogens is 1. The molecule has 2 unspecified atom stereocenters. The number of benzene rings is 2. The van der Waals surface area contributed by atoms with Crippen LogP contribution in [0.4, 0.5) is 29.3 Å². The maximum Gasteiger partial charge on any atom is 0.501 e. The van der Waals surface area contributed by atoms with Crippen molar-refractivity contribution >= 4 is 39.1 Å². The Bertz CT molecular complexity index is 1560. The molecule has 1 aliphatic heterocycles. The number of hydrogen-bond acceptors (Lipinski definition) is 6. The van der Waals surface area contributed by atoms with Crippen LogP contribution < -0.4 is 15.5 Å². The summed E-state index contributed by atoms with van der Waals surface area (Å²) in [4.78, 5) is 42.4. The molecule has 2 N–H and O–H groups in total. The SMILES string of the molecule is O=C(Cc1ccccc1)Nc1cnccc1CC1CC12NC(=O)N(c1ccc(S(=O)(=O)C(F)(F)F)cc1)C2=O. The number of amides is 4. The van der Waals surface area contributed by atoms with Gasteiger partial charge in [-0.3, -0.25) is 14.6 Å². The number of sulfone groups is 1. The summed E-state index contributed by atoms with van der Waals surface area (Å²) in [5, 5.41) is 5.51. The minimum absolute atomic E-state index is 0.0566. The third-order valence-corrected chi connectivity index (χ3v) is 8.29. The number of anilines is 2. The van der Waals surface area contributed by atoms with Gasteiger partial charge in [0.1, 0.15) is 5.54 Å². The monoisotopic (exact) mass is 558 g/mol. The van der Waals surface area contributed by atoms with E-state index in [1.165, 1.54) is 6.20 Å². The number of rotatable bonds is 7. The largest absolute Gasteiger partial charge is 0.501 e. The fourth-order valence-corrected chi connectivity index (χ4v) is 5.44. The van der Waals surface area contributed by atoms with Crippen molar-refractivity contribution in [2.75, 3.05) is 10.2 Å². The molecular formula is C26H21F3N4O5S. The van der Waals surface area contributed by atoms with Crippen LogP contribution in [0, 0.1) is 5.92 Å². The van der Waals surface area contributed by atoms with Gasteiger partial charge in [-0.1, -0.05) is 30.3 Å². The lowest BCUT2D eigenvalue weighted by Gasteiger charge is -2.15. The van der Waals surface area contributed by atoms with E-state index in [0.717, 1.165) is 28.2 Å². The van der Waals surface area contributed by atoms with Gasteiger partial charge in [-0.2, -0.15) is 13.2 Å². The quantitative estimate of drug-likeness (QED) is 0.427. The van der Waals surface area contributed by atoms with Crippen LogP contribution in [0.15, 0.2) is 78.0 Å². The van der Waals surface area contributed by atoms with E-state index in [-0.39, 0.29) is 23.9 Å². The molecule has 2 fully saturated rings. The Kier molecular flexibility index (Phi) is 6.41. The summed E-state index contributed by atoms with van der Waals surface area (Å²) in [7, 11) is -5.57. The summed E-state index contributed by atoms with van der Waals surface area (Å²) in [6.07, 6.45) is 3.87. The van der Waals surface area contributed by atoms with Gasteiger partial charge in [0.2, 0.25) is 5.91 Å². The Morgan fingerprint density at radius 3 is 2.44 bits per heavy atom. The van der Waals surface area contributed by atoms with Crippen LogP contribution >= 0.6 is 0 Å². The van der Waals surface area contributed by atoms with E-state index in [0.29, 0.717) is 30.7 Å². The highest BCUT2D eigenvalue weighted by Gasteiger charge is 2.67. The Balaban J connectivity index is 1.29. The predicted molar refractivity (Wildman–Crippen MR) is 133 cm³/mol. The molecule has 1 aliphatic carbocycles. The predicted octanol–water partition coefficient (Wildman–Crippen LogP) is 3.61. The number of nitrogens with one attached hydrogen (secondary N) is 2. The molecule has 1 spiro atoms. The highest BCUT2D eigenvalue weighted by atomic mass is 32.2. The first-order valence-electron chi connectivity index (χ1n) is 11.8. The van der Waals surface area contributed by atoms with Crippen molar-refractivity contribution in [1.82, 2.24) is 10.3 Å². The molecule has 2 aliphatic rings. The summed E-state index contributed by atoms with van der Waals surface area (Å²) >= 11 is 0. The normalized spacial score (nSPS) is 20.7. The second kappa shape index (κ2) is 9.49. The summed E-state index contributed by atoms with van der Waals surface area (Å²) < 4.78 is 61.7. The molecule has 1 saturated carbocycles. The van der Waals surface area contributed by atoms with Gasteiger partial charge in [-0.25, -0.2) is 18.1 Å². The number of pyridine rings is 1. The van der Waals surface area contributed by atoms with Crippen LogP contribution in [0.5, 0.6) is 0 Å². The van der Waals surface area contributed by atoms with E-state index in [1.54, 1.807) is 12.3 Å². The Labute approximate surface area is 221 Å². The Morgan fingerprint density at radius 1 is 1.08 bits per heavy atom. The van der Waals surface area contributed by atoms with Crippen molar-refractivity contribution in [1.29, 1.82) is 0 Å². The minimum atomic E-state index is -5.57. The maximum absolute atomic E-state index is 13.3. The molecule has 1 saturated heterocycles. The topological polar surface area (TPSA) is 126 Å². The van der Waals surface area contributed by atoms with E-state index < -0.39 is 37.7 Å². The highest BCUT2D eigenvalue weighted by molar-refractivity contribution is 7.92. The number of nitrogens with zero attached hydrogens (tertiary/aromatic N) is 2. The van der Waals surface area contributed by atoms with Gasteiger partial charge in [0.05, 0.1) is 28.9 Å². The van der Waals surface area contributed by atoms with Crippen molar-refractivity contribution in [2.45, 2.75) is 35.2 Å². The summed E-state index contributed by atoms with van der Waals surface area (Å²) in [5.74, 6) is -1.14. The van der Waals surface area contributed by atoms with Crippen LogP contribution in [-0.4, -0.2) is 42.3 Å². The van der Waals surface area contributed by atoms with Crippen LogP contribution in [0.25, 0.3) is 0 Å². The van der Waals surface area contributed by atoms with Crippen molar-refractivity contribution in [3.63, 3.8) is 0 Å². The van der Waals surface area contributed by atoms with Crippen molar-refractivity contribution < 1.29 is 36.0 Å². The lowest BCUT2D eigenvalue weighted by atomic mass is 10.0. The van der Waals surface area contributed by atoms with Crippen LogP contribution in [0.3, 0.4) is 0 Å². The van der Waals surface area contributed by atoms with Gasteiger partial charge in [0.25, 0.3) is 15.7 Å². The molecular weight excluding hydrogens is 537 g/mol. The smallest absolute Gasteiger partial charge is 0.324 e. The third-order valence-electron chi connectivity index (χ3n) is 6.79. The maximum atomic E-state index is 13.3. The number of alkyl halides is 3. The van der Waals surface area contributed by atoms with Gasteiger partial charge >= 0.3 is 11.5 Å². The van der Waals surface area contributed by atoms with Crippen LogP contribution in [0.2, 0.25) is 0 Å². The molecule has 0 radical (unpaired) electrons. The number of imide groups is 1. The van der Waals surface area contributed by atoms with Gasteiger partial charge in [-0.15, -0.1) is 0 Å². The fraction of sp³-hybridized carbons (Fsp3) is 0.231. The molecule has 0 bridgehead atoms. The third kappa shape index (κ3) is 4.85. The first-order valence-corrected chi connectivity index (χ1v) is 13.3. The van der Waals surface area contributed by atoms with Gasteiger partial charge < -0.3 is 10.6 Å². The van der Waals surface area contributed by atoms with E-state index in [1.807, 2.05) is 30.3 Å². The number of carbonyl (C=O) groups is 3. The first-order chi connectivity index (χ1) is 18.4. The first kappa shape index (κ1) is 26.4. The summed E-state index contributed by atoms with van der Waals surface area (Å²) in [6, 6.07) is 13.5. The summed E-state index contributed by atoms with van der Waals surface area (Å²) in [5.41, 5.74) is -4.70. The minimum Gasteiger partial charge on any atom is -0.324 e. The number of halogens is 3. The van der Waals surface area contributed by atoms with Gasteiger partial charge in [0, 0.05) is 6.20 Å². The number of carbonyl (C=O) groups excluding carboxylic acids is 3.